The summed E-state index contributed by atoms with van der Waals surface area (Å²) in [5, 5.41) is 5.96. The Bertz CT molecular complexity index is 1170. The molecule has 3 rings (SSSR count). The smallest absolute Gasteiger partial charge is 0.308 e. The number of piperidine rings is 1. The predicted octanol–water partition coefficient (Wildman–Crippen LogP) is 3.49. The maximum atomic E-state index is 13.8. The van der Waals surface area contributed by atoms with E-state index in [1.165, 1.54) is 4.90 Å². The van der Waals surface area contributed by atoms with E-state index in [4.69, 9.17) is 4.74 Å². The zero-order valence-electron chi connectivity index (χ0n) is 25.5. The van der Waals surface area contributed by atoms with Crippen molar-refractivity contribution in [2.45, 2.75) is 77.1 Å². The van der Waals surface area contributed by atoms with Crippen LogP contribution in [-0.4, -0.2) is 78.8 Å². The Labute approximate surface area is 250 Å². The van der Waals surface area contributed by atoms with Gasteiger partial charge in [0.05, 0.1) is 12.5 Å². The highest BCUT2D eigenvalue weighted by Crippen LogP contribution is 2.22. The van der Waals surface area contributed by atoms with E-state index in [9.17, 15) is 19.2 Å². The lowest BCUT2D eigenvalue weighted by molar-refractivity contribution is -0.150. The number of likely N-dealkylation sites (N-methyl/N-ethyl adjacent to an activating group) is 2. The molecule has 1 heterocycles. The van der Waals surface area contributed by atoms with Crippen LogP contribution in [0.3, 0.4) is 0 Å². The number of amides is 3. The van der Waals surface area contributed by atoms with Gasteiger partial charge in [0.2, 0.25) is 17.7 Å². The van der Waals surface area contributed by atoms with E-state index < -0.39 is 30.0 Å². The fourth-order valence-corrected chi connectivity index (χ4v) is 5.57. The van der Waals surface area contributed by atoms with Gasteiger partial charge in [-0.15, -0.1) is 0 Å². The molecular weight excluding hydrogens is 532 g/mol. The molecular formula is C33H46N4O5. The van der Waals surface area contributed by atoms with Crippen LogP contribution in [0.25, 0.3) is 0 Å². The van der Waals surface area contributed by atoms with Crippen molar-refractivity contribution in [2.75, 3.05) is 27.2 Å². The minimum Gasteiger partial charge on any atom is -0.461 e. The maximum Gasteiger partial charge on any atom is 0.308 e. The zero-order chi connectivity index (χ0) is 30.6. The van der Waals surface area contributed by atoms with Crippen molar-refractivity contribution in [2.24, 2.45) is 5.92 Å². The highest BCUT2D eigenvalue weighted by atomic mass is 16.5. The molecule has 0 aliphatic carbocycles. The van der Waals surface area contributed by atoms with Gasteiger partial charge in [0.25, 0.3) is 0 Å². The Morgan fingerprint density at radius 3 is 2.07 bits per heavy atom. The van der Waals surface area contributed by atoms with Crippen molar-refractivity contribution in [1.82, 2.24) is 20.4 Å². The predicted molar refractivity (Wildman–Crippen MR) is 162 cm³/mol. The van der Waals surface area contributed by atoms with Crippen molar-refractivity contribution in [3.8, 4) is 0 Å². The zero-order valence-corrected chi connectivity index (χ0v) is 25.5. The number of hydrogen-bond donors (Lipinski definition) is 2. The Morgan fingerprint density at radius 2 is 1.50 bits per heavy atom. The summed E-state index contributed by atoms with van der Waals surface area (Å²) in [6.07, 6.45) is 2.50. The van der Waals surface area contributed by atoms with Gasteiger partial charge >= 0.3 is 5.97 Å². The van der Waals surface area contributed by atoms with E-state index in [1.54, 1.807) is 19.0 Å². The number of carbonyl (C=O) groups excluding carboxylic acids is 4. The van der Waals surface area contributed by atoms with Crippen molar-refractivity contribution < 1.29 is 23.9 Å². The lowest BCUT2D eigenvalue weighted by Gasteiger charge is -2.36. The molecule has 1 aliphatic rings. The first-order valence-electron chi connectivity index (χ1n) is 14.9. The van der Waals surface area contributed by atoms with E-state index in [2.05, 4.69) is 10.6 Å². The molecule has 1 fully saturated rings. The topological polar surface area (TPSA) is 108 Å². The van der Waals surface area contributed by atoms with Gasteiger partial charge in [-0.25, -0.2) is 0 Å². The fraction of sp³-hybridized carbons (Fsp3) is 0.515. The minimum absolute atomic E-state index is 0.0785. The summed E-state index contributed by atoms with van der Waals surface area (Å²) in [6, 6.07) is 16.5. The van der Waals surface area contributed by atoms with Gasteiger partial charge in [-0.3, -0.25) is 19.2 Å². The quantitative estimate of drug-likeness (QED) is 0.353. The van der Waals surface area contributed by atoms with Gasteiger partial charge in [-0.2, -0.15) is 0 Å². The highest BCUT2D eigenvalue weighted by Gasteiger charge is 2.38. The number of ether oxygens (including phenoxy) is 1. The molecule has 9 heteroatoms. The van der Waals surface area contributed by atoms with Crippen molar-refractivity contribution in [1.29, 1.82) is 0 Å². The third-order valence-corrected chi connectivity index (χ3v) is 7.96. The second-order valence-electron chi connectivity index (χ2n) is 11.4. The van der Waals surface area contributed by atoms with Gasteiger partial charge in [0, 0.05) is 26.1 Å². The van der Waals surface area contributed by atoms with Crippen LogP contribution in [0.1, 0.15) is 63.5 Å². The van der Waals surface area contributed by atoms with Gasteiger partial charge in [-0.1, -0.05) is 81.4 Å². The van der Waals surface area contributed by atoms with E-state index in [0.717, 1.165) is 30.4 Å². The normalized spacial score (nSPS) is 16.2. The monoisotopic (exact) mass is 578 g/mol. The van der Waals surface area contributed by atoms with Crippen LogP contribution < -0.4 is 10.6 Å². The van der Waals surface area contributed by atoms with Crippen LogP contribution in [-0.2, 0) is 30.5 Å². The largest absolute Gasteiger partial charge is 0.461 e. The van der Waals surface area contributed by atoms with Crippen LogP contribution in [0.4, 0.5) is 0 Å². The summed E-state index contributed by atoms with van der Waals surface area (Å²) in [6.45, 7) is 6.93. The molecule has 0 saturated carbocycles. The third-order valence-electron chi connectivity index (χ3n) is 7.96. The molecule has 2 N–H and O–H groups in total. The first kappa shape index (κ1) is 32.8. The number of rotatable bonds is 13. The van der Waals surface area contributed by atoms with Crippen LogP contribution >= 0.6 is 0 Å². The fourth-order valence-electron chi connectivity index (χ4n) is 5.57. The first-order chi connectivity index (χ1) is 20.1. The number of esters is 1. The summed E-state index contributed by atoms with van der Waals surface area (Å²) in [4.78, 5) is 57.1. The SMILES string of the molecule is CNC(C(=O)N(C)[C@H](C(=O)NC(CC(=O)OCc1ccccc1)C(=O)N1CCCCC1)C(C)C)[C@H](C)c1ccccc1. The Kier molecular flexibility index (Phi) is 12.5. The number of hydrogen-bond acceptors (Lipinski definition) is 6. The van der Waals surface area contributed by atoms with E-state index >= 15 is 0 Å². The average molecular weight is 579 g/mol. The number of nitrogens with one attached hydrogen (secondary N) is 2. The van der Waals surface area contributed by atoms with Crippen molar-refractivity contribution in [3.63, 3.8) is 0 Å². The summed E-state index contributed by atoms with van der Waals surface area (Å²) in [5.41, 5.74) is 1.84. The lowest BCUT2D eigenvalue weighted by Crippen LogP contribution is -2.59. The van der Waals surface area contributed by atoms with Crippen LogP contribution in [0, 0.1) is 5.92 Å². The Morgan fingerprint density at radius 1 is 0.905 bits per heavy atom. The van der Waals surface area contributed by atoms with E-state index in [1.807, 2.05) is 81.4 Å². The first-order valence-corrected chi connectivity index (χ1v) is 14.9. The maximum absolute atomic E-state index is 13.8. The van der Waals surface area contributed by atoms with Crippen LogP contribution in [0.5, 0.6) is 0 Å². The molecule has 42 heavy (non-hydrogen) atoms. The Balaban J connectivity index is 1.76. The number of benzene rings is 2. The second-order valence-corrected chi connectivity index (χ2v) is 11.4. The number of nitrogens with zero attached hydrogens (tertiary/aromatic N) is 2. The van der Waals surface area contributed by atoms with E-state index in [0.29, 0.717) is 13.1 Å². The summed E-state index contributed by atoms with van der Waals surface area (Å²) >= 11 is 0. The summed E-state index contributed by atoms with van der Waals surface area (Å²) < 4.78 is 5.45. The molecule has 0 radical (unpaired) electrons. The van der Waals surface area contributed by atoms with Crippen molar-refractivity contribution >= 4 is 23.7 Å². The van der Waals surface area contributed by atoms with E-state index in [-0.39, 0.29) is 36.7 Å². The minimum atomic E-state index is -1.09. The molecule has 2 unspecified atom stereocenters. The molecule has 2 aromatic rings. The highest BCUT2D eigenvalue weighted by molar-refractivity contribution is 5.95. The molecule has 1 saturated heterocycles. The Hall–Kier alpha value is -3.72. The molecule has 0 aromatic heterocycles. The van der Waals surface area contributed by atoms with Crippen LogP contribution in [0.15, 0.2) is 60.7 Å². The summed E-state index contributed by atoms with van der Waals surface area (Å²) in [5.74, 6) is -1.98. The molecule has 1 aliphatic heterocycles. The molecule has 0 bridgehead atoms. The lowest BCUT2D eigenvalue weighted by atomic mass is 9.91. The van der Waals surface area contributed by atoms with Gasteiger partial charge < -0.3 is 25.2 Å². The van der Waals surface area contributed by atoms with Gasteiger partial charge in [0.1, 0.15) is 18.7 Å². The summed E-state index contributed by atoms with van der Waals surface area (Å²) in [7, 11) is 3.35. The second kappa shape index (κ2) is 16.1. The van der Waals surface area contributed by atoms with Crippen molar-refractivity contribution in [3.05, 3.63) is 71.8 Å². The average Bonchev–Trinajstić information content (AvgIpc) is 3.00. The molecule has 2 aromatic carbocycles. The molecule has 9 nitrogen and oxygen atoms in total. The van der Waals surface area contributed by atoms with Gasteiger partial charge in [-0.05, 0) is 43.4 Å². The third kappa shape index (κ3) is 8.89. The molecule has 4 atom stereocenters. The van der Waals surface area contributed by atoms with Gasteiger partial charge in [0.15, 0.2) is 0 Å². The molecule has 3 amide bonds. The number of carbonyl (C=O) groups is 4. The molecule has 0 spiro atoms. The number of likely N-dealkylation sites (tertiary alicyclic amines) is 1. The standard InChI is InChI=1S/C33H46N4O5/c1-23(2)30(36(5)33(41)29(34-4)24(3)26-17-11-7-12-18-26)31(39)35-27(32(40)37-19-13-8-14-20-37)21-28(38)42-22-25-15-9-6-10-16-25/h6-7,9-12,15-18,23-24,27,29-30,34H,8,13-14,19-22H2,1-5H3,(H,35,39)/t24-,27?,29?,30+/m1/s1. The van der Waals surface area contributed by atoms with Crippen LogP contribution in [0.2, 0.25) is 0 Å². The molecule has 228 valence electrons.